The molecule has 0 aliphatic carbocycles. The topological polar surface area (TPSA) is 0 Å². The van der Waals surface area contributed by atoms with Crippen LogP contribution in [0.5, 0.6) is 0 Å². The number of hydrogen-bond acceptors (Lipinski definition) is 1. The van der Waals surface area contributed by atoms with Crippen molar-refractivity contribution in [3.05, 3.63) is 55.4 Å². The van der Waals surface area contributed by atoms with Gasteiger partial charge in [-0.25, -0.2) is 4.39 Å². The van der Waals surface area contributed by atoms with Crippen LogP contribution in [-0.2, 0) is 0 Å². The molecule has 2 rings (SSSR count). The van der Waals surface area contributed by atoms with Crippen molar-refractivity contribution in [3.8, 4) is 0 Å². The van der Waals surface area contributed by atoms with Gasteiger partial charge in [0.25, 0.3) is 0 Å². The minimum atomic E-state index is -0.505. The molecule has 1 unspecified atom stereocenters. The lowest BCUT2D eigenvalue weighted by Gasteiger charge is -2.08. The van der Waals surface area contributed by atoms with Gasteiger partial charge in [0.2, 0.25) is 0 Å². The molecule has 0 amide bonds. The molecule has 0 bridgehead atoms. The molecule has 0 aliphatic heterocycles. The van der Waals surface area contributed by atoms with Crippen LogP contribution in [-0.4, -0.2) is 0 Å². The van der Waals surface area contributed by atoms with Gasteiger partial charge in [-0.1, -0.05) is 29.8 Å². The molecule has 0 spiro atoms. The van der Waals surface area contributed by atoms with Crippen molar-refractivity contribution in [2.75, 3.05) is 0 Å². The molecule has 1 aromatic carbocycles. The summed E-state index contributed by atoms with van der Waals surface area (Å²) >= 11 is 16.8. The Labute approximate surface area is 115 Å². The van der Waals surface area contributed by atoms with E-state index < -0.39 is 5.38 Å². The quantitative estimate of drug-likeness (QED) is 0.622. The zero-order valence-corrected chi connectivity index (χ0v) is 11.8. The fourth-order valence-corrected chi connectivity index (χ4v) is 3.43. The largest absolute Gasteiger partial charge is 0.207 e. The predicted molar refractivity (Wildman–Crippen MR) is 71.1 cm³/mol. The Morgan fingerprint density at radius 1 is 1.31 bits per heavy atom. The summed E-state index contributed by atoms with van der Waals surface area (Å²) < 4.78 is 14.9. The highest BCUT2D eigenvalue weighted by Crippen LogP contribution is 2.40. The Morgan fingerprint density at radius 2 is 2.00 bits per heavy atom. The normalized spacial score (nSPS) is 12.8. The van der Waals surface area contributed by atoms with E-state index >= 15 is 0 Å². The van der Waals surface area contributed by atoms with Gasteiger partial charge in [0.05, 0.1) is 5.38 Å². The number of rotatable bonds is 2. The van der Waals surface area contributed by atoms with Gasteiger partial charge in [-0.15, -0.1) is 22.9 Å². The van der Waals surface area contributed by atoms with Gasteiger partial charge < -0.3 is 0 Å². The van der Waals surface area contributed by atoms with Crippen LogP contribution in [0.3, 0.4) is 0 Å². The average Bonchev–Trinajstić information content (AvgIpc) is 2.59. The molecule has 1 heterocycles. The zero-order valence-electron chi connectivity index (χ0n) is 7.88. The molecule has 0 radical (unpaired) electrons. The molecule has 0 N–H and O–H groups in total. The summed E-state index contributed by atoms with van der Waals surface area (Å²) in [5.74, 6) is -0.303. The van der Waals surface area contributed by atoms with Crippen LogP contribution in [0.4, 0.5) is 4.39 Å². The first-order valence-corrected chi connectivity index (χ1v) is 6.85. The first-order chi connectivity index (χ1) is 7.59. The van der Waals surface area contributed by atoms with Crippen LogP contribution in [0, 0.1) is 5.82 Å². The summed E-state index contributed by atoms with van der Waals surface area (Å²) in [5, 5.41) is -0.505. The highest BCUT2D eigenvalue weighted by atomic mass is 79.9. The van der Waals surface area contributed by atoms with E-state index in [-0.39, 0.29) is 5.82 Å². The van der Waals surface area contributed by atoms with Crippen molar-refractivity contribution in [2.45, 2.75) is 5.38 Å². The Hall–Kier alpha value is -0.0900. The summed E-state index contributed by atoms with van der Waals surface area (Å²) in [6, 6.07) is 8.29. The van der Waals surface area contributed by atoms with Crippen molar-refractivity contribution in [1.29, 1.82) is 0 Å². The molecule has 0 aliphatic rings. The Bertz CT molecular complexity index is 493. The minimum Gasteiger partial charge on any atom is -0.207 e. The molecule has 1 atom stereocenters. The molecule has 0 fully saturated rings. The van der Waals surface area contributed by atoms with Crippen molar-refractivity contribution >= 4 is 50.5 Å². The van der Waals surface area contributed by atoms with Gasteiger partial charge in [-0.05, 0) is 28.1 Å². The van der Waals surface area contributed by atoms with Crippen molar-refractivity contribution in [2.24, 2.45) is 0 Å². The maximum atomic E-state index is 13.5. The molecule has 5 heteroatoms. The molecule has 0 saturated carbocycles. The number of benzene rings is 1. The van der Waals surface area contributed by atoms with Crippen LogP contribution in [0.25, 0.3) is 0 Å². The first kappa shape index (κ1) is 12.4. The van der Waals surface area contributed by atoms with Gasteiger partial charge >= 0.3 is 0 Å². The maximum absolute atomic E-state index is 13.5. The number of alkyl halides is 1. The molecule has 0 saturated heterocycles. The van der Waals surface area contributed by atoms with Crippen molar-refractivity contribution in [3.63, 3.8) is 0 Å². The molecule has 0 nitrogen and oxygen atoms in total. The Balaban J connectivity index is 2.39. The lowest BCUT2D eigenvalue weighted by molar-refractivity contribution is 0.613. The third-order valence-corrected chi connectivity index (χ3v) is 5.23. The van der Waals surface area contributed by atoms with Crippen molar-refractivity contribution < 1.29 is 4.39 Å². The fraction of sp³-hybridized carbons (Fsp3) is 0.0909. The molecule has 1 aromatic heterocycles. The summed E-state index contributed by atoms with van der Waals surface area (Å²) in [7, 11) is 0. The van der Waals surface area contributed by atoms with E-state index in [1.54, 1.807) is 18.2 Å². The monoisotopic (exact) mass is 338 g/mol. The average molecular weight is 340 g/mol. The Morgan fingerprint density at radius 3 is 2.56 bits per heavy atom. The van der Waals surface area contributed by atoms with Gasteiger partial charge in [0.1, 0.15) is 10.2 Å². The number of thiophene rings is 1. The maximum Gasteiger partial charge on any atom is 0.128 e. The van der Waals surface area contributed by atoms with Crippen LogP contribution in [0.15, 0.2) is 34.8 Å². The lowest BCUT2D eigenvalue weighted by atomic mass is 10.1. The smallest absolute Gasteiger partial charge is 0.128 e. The summed E-state index contributed by atoms with van der Waals surface area (Å²) in [6.45, 7) is 0. The first-order valence-electron chi connectivity index (χ1n) is 4.43. The highest BCUT2D eigenvalue weighted by molar-refractivity contribution is 9.10. The third-order valence-electron chi connectivity index (χ3n) is 2.09. The van der Waals surface area contributed by atoms with Gasteiger partial charge in [0.15, 0.2) is 0 Å². The van der Waals surface area contributed by atoms with Crippen LogP contribution in [0.2, 0.25) is 4.34 Å². The van der Waals surface area contributed by atoms with Gasteiger partial charge in [-0.2, -0.15) is 0 Å². The lowest BCUT2D eigenvalue weighted by Crippen LogP contribution is -1.93. The SMILES string of the molecule is Fc1ccccc1C(Cl)c1cc(Br)c(Cl)s1. The van der Waals surface area contributed by atoms with E-state index in [1.165, 1.54) is 17.4 Å². The molecular formula is C11H6BrCl2FS. The van der Waals surface area contributed by atoms with Crippen LogP contribution in [0.1, 0.15) is 15.8 Å². The van der Waals surface area contributed by atoms with E-state index in [4.69, 9.17) is 23.2 Å². The summed E-state index contributed by atoms with van der Waals surface area (Å²) in [6.07, 6.45) is 0. The van der Waals surface area contributed by atoms with Crippen molar-refractivity contribution in [1.82, 2.24) is 0 Å². The molecule has 16 heavy (non-hydrogen) atoms. The van der Waals surface area contributed by atoms with E-state index in [0.717, 1.165) is 9.35 Å². The van der Waals surface area contributed by atoms with E-state index in [0.29, 0.717) is 9.90 Å². The fourth-order valence-electron chi connectivity index (χ4n) is 1.32. The van der Waals surface area contributed by atoms with Gasteiger partial charge in [-0.3, -0.25) is 0 Å². The van der Waals surface area contributed by atoms with E-state index in [2.05, 4.69) is 15.9 Å². The minimum absolute atomic E-state index is 0.303. The molecular weight excluding hydrogens is 334 g/mol. The van der Waals surface area contributed by atoms with Crippen LogP contribution >= 0.6 is 50.5 Å². The standard InChI is InChI=1S/C11H6BrCl2FS/c12-7-5-9(16-11(7)14)10(13)6-3-1-2-4-8(6)15/h1-5,10H. The number of halogens is 4. The Kier molecular flexibility index (Phi) is 3.90. The second kappa shape index (κ2) is 5.05. The molecule has 84 valence electrons. The number of hydrogen-bond donors (Lipinski definition) is 0. The van der Waals surface area contributed by atoms with Crippen LogP contribution < -0.4 is 0 Å². The molecule has 2 aromatic rings. The summed E-state index contributed by atoms with van der Waals surface area (Å²) in [5.41, 5.74) is 0.467. The zero-order chi connectivity index (χ0) is 11.7. The third kappa shape index (κ3) is 2.43. The highest BCUT2D eigenvalue weighted by Gasteiger charge is 2.18. The summed E-state index contributed by atoms with van der Waals surface area (Å²) in [4.78, 5) is 0.823. The second-order valence-corrected chi connectivity index (χ2v) is 6.13. The second-order valence-electron chi connectivity index (χ2n) is 3.15. The van der Waals surface area contributed by atoms with E-state index in [9.17, 15) is 4.39 Å². The van der Waals surface area contributed by atoms with Gasteiger partial charge in [0, 0.05) is 14.9 Å². The predicted octanol–water partition coefficient (Wildman–Crippen LogP) is 5.63. The van der Waals surface area contributed by atoms with E-state index in [1.807, 2.05) is 6.07 Å².